The summed E-state index contributed by atoms with van der Waals surface area (Å²) in [5, 5.41) is 0. The van der Waals surface area contributed by atoms with Crippen molar-refractivity contribution >= 4 is 0 Å². The molecule has 0 heterocycles. The van der Waals surface area contributed by atoms with Gasteiger partial charge in [-0.25, -0.2) is 0 Å². The summed E-state index contributed by atoms with van der Waals surface area (Å²) in [5.41, 5.74) is 0. The van der Waals surface area contributed by atoms with E-state index < -0.39 is 0 Å². The van der Waals surface area contributed by atoms with Crippen LogP contribution in [-0.2, 0) is 82.4 Å². The van der Waals surface area contributed by atoms with Gasteiger partial charge < -0.3 is 0 Å². The minimum Gasteiger partial charge on any atom is 0 e. The SMILES string of the molecule is [Mo][Au].[Ti].[Zr]. The molecule has 0 N–H and O–H groups in total. The number of hydrogen-bond acceptors (Lipinski definition) is 0. The zero-order valence-corrected chi connectivity index (χ0v) is 9.90. The summed E-state index contributed by atoms with van der Waals surface area (Å²) in [5.74, 6) is 0. The Morgan fingerprint density at radius 2 is 1.25 bits per heavy atom. The molecular weight excluding hydrogens is 432 g/mol. The number of hydrogen-bond donors (Lipinski definition) is 0. The third-order valence-electron chi connectivity index (χ3n) is 0. The van der Waals surface area contributed by atoms with E-state index >= 15 is 0 Å². The molecule has 0 aromatic rings. The molecule has 25 valence electrons. The topological polar surface area (TPSA) is 0 Å². The molecule has 0 amide bonds. The monoisotopic (exact) mass is 433 g/mol. The van der Waals surface area contributed by atoms with Crippen LogP contribution in [0.25, 0.3) is 0 Å². The van der Waals surface area contributed by atoms with E-state index in [0.29, 0.717) is 0 Å². The molecule has 0 nitrogen and oxygen atoms in total. The van der Waals surface area contributed by atoms with E-state index in [0.717, 1.165) is 0 Å². The smallest absolute Gasteiger partial charge is 0 e. The fourth-order valence-electron chi connectivity index (χ4n) is 0. The average molecular weight is 432 g/mol. The Morgan fingerprint density at radius 3 is 1.25 bits per heavy atom. The minimum absolute atomic E-state index is 0. The molecule has 0 aromatic carbocycles. The van der Waals surface area contributed by atoms with Crippen LogP contribution in [0.1, 0.15) is 0 Å². The van der Waals surface area contributed by atoms with Gasteiger partial charge in [0.25, 0.3) is 0 Å². The summed E-state index contributed by atoms with van der Waals surface area (Å²) >= 11 is 4.18. The molecule has 0 fully saturated rings. The largest absolute Gasteiger partial charge is 0 e. The first-order valence-electron chi connectivity index (χ1n) is 0.123. The van der Waals surface area contributed by atoms with E-state index in [-0.39, 0.29) is 47.9 Å². The summed E-state index contributed by atoms with van der Waals surface area (Å²) in [6.45, 7) is 0. The van der Waals surface area contributed by atoms with Gasteiger partial charge in [-0.05, 0) is 0 Å². The summed E-state index contributed by atoms with van der Waals surface area (Å²) < 4.78 is 0. The summed E-state index contributed by atoms with van der Waals surface area (Å²) in [6, 6.07) is 0. The maximum absolute atomic E-state index is 2.29. The van der Waals surface area contributed by atoms with Gasteiger partial charge in [0.1, 0.15) is 0 Å². The van der Waals surface area contributed by atoms with Crippen molar-refractivity contribution in [1.82, 2.24) is 0 Å². The fraction of sp³-hybridized carbons (Fsp3) is 0. The van der Waals surface area contributed by atoms with Crippen molar-refractivity contribution in [3.05, 3.63) is 0 Å². The Balaban J connectivity index is -0.00000000500. The molecule has 0 unspecified atom stereocenters. The van der Waals surface area contributed by atoms with Gasteiger partial charge in [-0.1, -0.05) is 0 Å². The second-order valence-corrected chi connectivity index (χ2v) is 0. The van der Waals surface area contributed by atoms with Gasteiger partial charge in [-0.2, -0.15) is 0 Å². The van der Waals surface area contributed by atoms with Gasteiger partial charge in [0.05, 0.1) is 0 Å². The fourth-order valence-corrected chi connectivity index (χ4v) is 0. The van der Waals surface area contributed by atoms with E-state index in [1.54, 1.807) is 0 Å². The van der Waals surface area contributed by atoms with Crippen LogP contribution in [0.3, 0.4) is 0 Å². The first-order chi connectivity index (χ1) is 1.00. The molecule has 0 atom stereocenters. The van der Waals surface area contributed by atoms with E-state index in [9.17, 15) is 0 Å². The van der Waals surface area contributed by atoms with Crippen molar-refractivity contribution in [3.8, 4) is 0 Å². The van der Waals surface area contributed by atoms with Crippen LogP contribution < -0.4 is 0 Å². The van der Waals surface area contributed by atoms with Crippen LogP contribution in [0.15, 0.2) is 0 Å². The van der Waals surface area contributed by atoms with E-state index in [1.807, 2.05) is 16.5 Å². The van der Waals surface area contributed by atoms with Crippen LogP contribution in [-0.4, -0.2) is 0 Å². The van der Waals surface area contributed by atoms with Gasteiger partial charge >= 0.3 is 34.5 Å². The standard InChI is InChI=1S/Au.Mo.Ti.Zr. The zero-order valence-electron chi connectivity index (χ0n) is 1.71. The second-order valence-electron chi connectivity index (χ2n) is 0. The van der Waals surface area contributed by atoms with Crippen molar-refractivity contribution in [2.24, 2.45) is 0 Å². The van der Waals surface area contributed by atoms with E-state index in [4.69, 9.17) is 0 Å². The summed E-state index contributed by atoms with van der Waals surface area (Å²) in [7, 11) is 0. The van der Waals surface area contributed by atoms with Crippen LogP contribution in [0.5, 0.6) is 0 Å². The maximum atomic E-state index is 2.29. The summed E-state index contributed by atoms with van der Waals surface area (Å²) in [4.78, 5) is 0. The molecule has 0 aliphatic carbocycles. The Hall–Kier alpha value is 3.03. The van der Waals surface area contributed by atoms with Crippen molar-refractivity contribution in [1.29, 1.82) is 0 Å². The Labute approximate surface area is 80.7 Å². The molecule has 0 radical (unpaired) electrons. The Kier molecular flexibility index (Phi) is 65.4. The Morgan fingerprint density at radius 1 is 1.25 bits per heavy atom. The quantitative estimate of drug-likeness (QED) is 0.473. The molecule has 0 spiro atoms. The summed E-state index contributed by atoms with van der Waals surface area (Å²) in [6.07, 6.45) is 0. The van der Waals surface area contributed by atoms with Crippen molar-refractivity contribution in [2.75, 3.05) is 0 Å². The molecule has 0 saturated heterocycles. The molecule has 4 heteroatoms. The first kappa shape index (κ1) is 15.7. The van der Waals surface area contributed by atoms with Crippen molar-refractivity contribution in [2.45, 2.75) is 0 Å². The van der Waals surface area contributed by atoms with E-state index in [1.165, 1.54) is 0 Å². The van der Waals surface area contributed by atoms with E-state index in [2.05, 4.69) is 18.0 Å². The van der Waals surface area contributed by atoms with Gasteiger partial charge in [-0.15, -0.1) is 0 Å². The molecule has 4 heavy (non-hydrogen) atoms. The second kappa shape index (κ2) is 16.6. The molecule has 0 saturated carbocycles. The van der Waals surface area contributed by atoms with Crippen LogP contribution in [0.2, 0.25) is 0 Å². The van der Waals surface area contributed by atoms with Crippen LogP contribution in [0, 0.1) is 0 Å². The normalized spacial score (nSPS) is 1.50. The van der Waals surface area contributed by atoms with Crippen molar-refractivity contribution < 1.29 is 82.4 Å². The van der Waals surface area contributed by atoms with Crippen LogP contribution >= 0.6 is 0 Å². The molecule has 0 aliphatic heterocycles. The van der Waals surface area contributed by atoms with Gasteiger partial charge in [0.2, 0.25) is 0 Å². The van der Waals surface area contributed by atoms with Gasteiger partial charge in [-0.3, -0.25) is 0 Å². The minimum atomic E-state index is 0. The van der Waals surface area contributed by atoms with Gasteiger partial charge in [0, 0.05) is 47.9 Å². The van der Waals surface area contributed by atoms with Crippen LogP contribution in [0.4, 0.5) is 0 Å². The Bertz CT molecular complexity index is 8.00. The predicted molar refractivity (Wildman–Crippen MR) is 0 cm³/mol. The third-order valence-corrected chi connectivity index (χ3v) is 0. The van der Waals surface area contributed by atoms with Crippen molar-refractivity contribution in [3.63, 3.8) is 0 Å². The molecule has 0 bridgehead atoms. The maximum Gasteiger partial charge on any atom is 0 e. The molecular formula is AuMoTiZr. The third kappa shape index (κ3) is 8.90. The zero-order chi connectivity index (χ0) is 2.00. The number of rotatable bonds is 0. The average Bonchev–Trinajstić information content (AvgIpc) is 1.00. The first-order valence-corrected chi connectivity index (χ1v) is 5.96. The molecule has 0 aliphatic rings. The molecule has 0 aromatic heterocycles. The van der Waals surface area contributed by atoms with Gasteiger partial charge in [0.15, 0.2) is 0 Å². The molecule has 0 rings (SSSR count). The predicted octanol–water partition coefficient (Wildman–Crippen LogP) is -0.0100.